The Bertz CT molecular complexity index is 292. The molecule has 1 amide bonds. The van der Waals surface area contributed by atoms with Gasteiger partial charge < -0.3 is 15.2 Å². The van der Waals surface area contributed by atoms with E-state index in [1.165, 1.54) is 0 Å². The zero-order valence-electron chi connectivity index (χ0n) is 12.4. The third kappa shape index (κ3) is 7.79. The summed E-state index contributed by atoms with van der Waals surface area (Å²) in [5.41, 5.74) is -0.428. The second-order valence-corrected chi connectivity index (χ2v) is 5.09. The van der Waals surface area contributed by atoms with Crippen molar-refractivity contribution in [3.8, 4) is 0 Å². The van der Waals surface area contributed by atoms with E-state index in [1.54, 1.807) is 18.9 Å². The number of amides is 1. The molecule has 0 aromatic carbocycles. The van der Waals surface area contributed by atoms with Crippen LogP contribution >= 0.6 is 0 Å². The van der Waals surface area contributed by atoms with Crippen molar-refractivity contribution >= 4 is 11.9 Å². The Hall–Kier alpha value is -1.14. The summed E-state index contributed by atoms with van der Waals surface area (Å²) in [6.45, 7) is 6.52. The van der Waals surface area contributed by atoms with Crippen LogP contribution in [0.4, 0.5) is 0 Å². The molecule has 0 aromatic rings. The van der Waals surface area contributed by atoms with E-state index in [-0.39, 0.29) is 25.0 Å². The highest BCUT2D eigenvalue weighted by atomic mass is 16.5. The Morgan fingerprint density at radius 3 is 2.53 bits per heavy atom. The van der Waals surface area contributed by atoms with Gasteiger partial charge in [0.1, 0.15) is 0 Å². The normalized spacial score (nSPS) is 11.5. The fourth-order valence-electron chi connectivity index (χ4n) is 1.30. The van der Waals surface area contributed by atoms with Crippen molar-refractivity contribution in [2.45, 2.75) is 39.2 Å². The molecule has 0 aliphatic carbocycles. The lowest BCUT2D eigenvalue weighted by Crippen LogP contribution is -2.48. The summed E-state index contributed by atoms with van der Waals surface area (Å²) < 4.78 is 4.79. The summed E-state index contributed by atoms with van der Waals surface area (Å²) in [5.74, 6) is -0.358. The van der Waals surface area contributed by atoms with E-state index in [0.29, 0.717) is 26.0 Å². The maximum atomic E-state index is 11.6. The molecule has 0 bridgehead atoms. The average Bonchev–Trinajstić information content (AvgIpc) is 2.35. The van der Waals surface area contributed by atoms with Crippen LogP contribution in [-0.4, -0.2) is 60.8 Å². The van der Waals surface area contributed by atoms with Gasteiger partial charge in [-0.25, -0.2) is 0 Å². The van der Waals surface area contributed by atoms with Crippen molar-refractivity contribution in [3.63, 3.8) is 0 Å². The molecule has 112 valence electrons. The van der Waals surface area contributed by atoms with Crippen LogP contribution in [0.25, 0.3) is 0 Å². The fraction of sp³-hybridized carbons (Fsp3) is 0.846. The van der Waals surface area contributed by atoms with Gasteiger partial charge in [0.05, 0.1) is 19.8 Å². The van der Waals surface area contributed by atoms with Crippen molar-refractivity contribution in [2.75, 3.05) is 33.4 Å². The SMILES string of the molecule is CCOC(=O)CCCNC(=O)CN(C)C(C)(C)CO. The van der Waals surface area contributed by atoms with E-state index in [2.05, 4.69) is 5.32 Å². The number of carbonyl (C=O) groups excluding carboxylic acids is 2. The Morgan fingerprint density at radius 2 is 2.00 bits per heavy atom. The number of rotatable bonds is 9. The molecule has 0 aliphatic heterocycles. The van der Waals surface area contributed by atoms with Crippen LogP contribution < -0.4 is 5.32 Å². The van der Waals surface area contributed by atoms with Gasteiger partial charge in [-0.1, -0.05) is 0 Å². The second-order valence-electron chi connectivity index (χ2n) is 5.09. The Balaban J connectivity index is 3.79. The quantitative estimate of drug-likeness (QED) is 0.462. The van der Waals surface area contributed by atoms with Gasteiger partial charge in [0, 0.05) is 18.5 Å². The van der Waals surface area contributed by atoms with Gasteiger partial charge in [0.25, 0.3) is 0 Å². The zero-order chi connectivity index (χ0) is 14.9. The molecule has 0 fully saturated rings. The van der Waals surface area contributed by atoms with Crippen molar-refractivity contribution in [1.29, 1.82) is 0 Å². The highest BCUT2D eigenvalue weighted by molar-refractivity contribution is 5.78. The Labute approximate surface area is 115 Å². The molecule has 19 heavy (non-hydrogen) atoms. The monoisotopic (exact) mass is 274 g/mol. The number of nitrogens with zero attached hydrogens (tertiary/aromatic N) is 1. The van der Waals surface area contributed by atoms with Crippen LogP contribution in [0.2, 0.25) is 0 Å². The molecule has 0 unspecified atom stereocenters. The van der Waals surface area contributed by atoms with Crippen LogP contribution in [-0.2, 0) is 14.3 Å². The number of aliphatic hydroxyl groups excluding tert-OH is 1. The molecule has 0 atom stereocenters. The number of hydrogen-bond acceptors (Lipinski definition) is 5. The van der Waals surface area contributed by atoms with Crippen LogP contribution in [0, 0.1) is 0 Å². The fourth-order valence-corrected chi connectivity index (χ4v) is 1.30. The van der Waals surface area contributed by atoms with Crippen molar-refractivity contribution in [2.24, 2.45) is 0 Å². The van der Waals surface area contributed by atoms with E-state index in [1.807, 2.05) is 13.8 Å². The van der Waals surface area contributed by atoms with Crippen LogP contribution in [0.1, 0.15) is 33.6 Å². The third-order valence-corrected chi connectivity index (χ3v) is 2.99. The van der Waals surface area contributed by atoms with E-state index < -0.39 is 5.54 Å². The maximum Gasteiger partial charge on any atom is 0.305 e. The van der Waals surface area contributed by atoms with E-state index >= 15 is 0 Å². The number of ether oxygens (including phenoxy) is 1. The lowest BCUT2D eigenvalue weighted by molar-refractivity contribution is -0.143. The average molecular weight is 274 g/mol. The zero-order valence-corrected chi connectivity index (χ0v) is 12.4. The largest absolute Gasteiger partial charge is 0.466 e. The molecule has 0 aliphatic rings. The van der Waals surface area contributed by atoms with Crippen molar-refractivity contribution < 1.29 is 19.4 Å². The van der Waals surface area contributed by atoms with Crippen LogP contribution in [0.5, 0.6) is 0 Å². The number of nitrogens with one attached hydrogen (secondary N) is 1. The van der Waals surface area contributed by atoms with Crippen molar-refractivity contribution in [1.82, 2.24) is 10.2 Å². The molecular weight excluding hydrogens is 248 g/mol. The van der Waals surface area contributed by atoms with Gasteiger partial charge in [-0.3, -0.25) is 14.5 Å². The van der Waals surface area contributed by atoms with Crippen LogP contribution in [0.3, 0.4) is 0 Å². The number of esters is 1. The first-order valence-corrected chi connectivity index (χ1v) is 6.58. The molecule has 0 saturated carbocycles. The molecule has 0 saturated heterocycles. The summed E-state index contributed by atoms with van der Waals surface area (Å²) in [6, 6.07) is 0. The van der Waals surface area contributed by atoms with Gasteiger partial charge in [-0.15, -0.1) is 0 Å². The number of hydrogen-bond donors (Lipinski definition) is 2. The number of aliphatic hydroxyl groups is 1. The minimum atomic E-state index is -0.428. The molecule has 6 heteroatoms. The molecule has 0 radical (unpaired) electrons. The van der Waals surface area contributed by atoms with E-state index in [9.17, 15) is 14.7 Å². The first-order chi connectivity index (χ1) is 8.83. The van der Waals surface area contributed by atoms with Gasteiger partial charge >= 0.3 is 5.97 Å². The topological polar surface area (TPSA) is 78.9 Å². The summed E-state index contributed by atoms with van der Waals surface area (Å²) in [4.78, 5) is 24.5. The molecule has 0 heterocycles. The summed E-state index contributed by atoms with van der Waals surface area (Å²) >= 11 is 0. The number of likely N-dealkylation sites (N-methyl/N-ethyl adjacent to an activating group) is 1. The van der Waals surface area contributed by atoms with Gasteiger partial charge in [0.2, 0.25) is 5.91 Å². The lowest BCUT2D eigenvalue weighted by atomic mass is 10.1. The summed E-state index contributed by atoms with van der Waals surface area (Å²) in [6.07, 6.45) is 0.879. The highest BCUT2D eigenvalue weighted by Gasteiger charge is 2.23. The van der Waals surface area contributed by atoms with Gasteiger partial charge in [-0.2, -0.15) is 0 Å². The molecule has 0 spiro atoms. The maximum absolute atomic E-state index is 11.6. The Kier molecular flexibility index (Phi) is 8.34. The number of carbonyl (C=O) groups is 2. The lowest BCUT2D eigenvalue weighted by Gasteiger charge is -2.33. The highest BCUT2D eigenvalue weighted by Crippen LogP contribution is 2.09. The molecule has 0 aromatic heterocycles. The van der Waals surface area contributed by atoms with Gasteiger partial charge in [-0.05, 0) is 34.2 Å². The van der Waals surface area contributed by atoms with Crippen molar-refractivity contribution in [3.05, 3.63) is 0 Å². The molecule has 6 nitrogen and oxygen atoms in total. The first kappa shape index (κ1) is 17.9. The van der Waals surface area contributed by atoms with Crippen LogP contribution in [0.15, 0.2) is 0 Å². The van der Waals surface area contributed by atoms with E-state index in [4.69, 9.17) is 4.74 Å². The molecule has 2 N–H and O–H groups in total. The predicted molar refractivity (Wildman–Crippen MR) is 72.7 cm³/mol. The molecule has 0 rings (SSSR count). The first-order valence-electron chi connectivity index (χ1n) is 6.58. The molecular formula is C13H26N2O4. The van der Waals surface area contributed by atoms with Gasteiger partial charge in [0.15, 0.2) is 0 Å². The second kappa shape index (κ2) is 8.87. The predicted octanol–water partition coefficient (Wildman–Crippen LogP) is 0.149. The Morgan fingerprint density at radius 1 is 1.37 bits per heavy atom. The standard InChI is InChI=1S/C13H26N2O4/c1-5-19-12(18)7-6-8-14-11(17)9-15(4)13(2,3)10-16/h16H,5-10H2,1-4H3,(H,14,17). The summed E-state index contributed by atoms with van der Waals surface area (Å²) in [5, 5.41) is 11.9. The minimum absolute atomic E-state index is 0.0142. The third-order valence-electron chi connectivity index (χ3n) is 2.99. The minimum Gasteiger partial charge on any atom is -0.466 e. The summed E-state index contributed by atoms with van der Waals surface area (Å²) in [7, 11) is 1.79. The van der Waals surface area contributed by atoms with E-state index in [0.717, 1.165) is 0 Å². The smallest absolute Gasteiger partial charge is 0.305 e.